The summed E-state index contributed by atoms with van der Waals surface area (Å²) in [6, 6.07) is 11.2. The number of aryl methyl sites for hydroxylation is 1. The van der Waals surface area contributed by atoms with Crippen LogP contribution >= 0.6 is 11.6 Å². The van der Waals surface area contributed by atoms with E-state index in [4.69, 9.17) is 11.6 Å². The van der Waals surface area contributed by atoms with Crippen LogP contribution in [0.25, 0.3) is 22.0 Å². The minimum Gasteiger partial charge on any atom is -0.383 e. The predicted octanol–water partition coefficient (Wildman–Crippen LogP) is 7.47. The maximum atomic E-state index is 14.0. The average Bonchev–Trinajstić information content (AvgIpc) is 3.46. The van der Waals surface area contributed by atoms with Gasteiger partial charge in [-0.25, -0.2) is 13.5 Å². The van der Waals surface area contributed by atoms with E-state index in [0.717, 1.165) is 22.3 Å². The lowest BCUT2D eigenvalue weighted by atomic mass is 9.92. The van der Waals surface area contributed by atoms with Crippen LogP contribution in [0.5, 0.6) is 0 Å². The van der Waals surface area contributed by atoms with Gasteiger partial charge in [-0.1, -0.05) is 55.8 Å². The molecule has 0 aliphatic heterocycles. The third-order valence-corrected chi connectivity index (χ3v) is 8.50. The minimum atomic E-state index is -2.55. The zero-order chi connectivity index (χ0) is 32.1. The molecule has 3 heterocycles. The molecule has 2 aromatic carbocycles. The Hall–Kier alpha value is -4.56. The number of aromatic nitrogens is 6. The van der Waals surface area contributed by atoms with Crippen molar-refractivity contribution in [1.82, 2.24) is 29.8 Å². The summed E-state index contributed by atoms with van der Waals surface area (Å²) in [5, 5.41) is 31.0. The van der Waals surface area contributed by atoms with E-state index in [1.807, 2.05) is 38.4 Å². The quantitative estimate of drug-likeness (QED) is 0.174. The van der Waals surface area contributed by atoms with E-state index in [0.29, 0.717) is 57.9 Å². The van der Waals surface area contributed by atoms with Crippen molar-refractivity contribution in [3.05, 3.63) is 82.5 Å². The van der Waals surface area contributed by atoms with Gasteiger partial charge in [-0.2, -0.15) is 10.4 Å². The van der Waals surface area contributed by atoms with E-state index in [2.05, 4.69) is 57.9 Å². The molecule has 0 radical (unpaired) electrons. The highest BCUT2D eigenvalue weighted by Gasteiger charge is 2.54. The number of fused-ring (bicyclic) bond motifs is 1. The second kappa shape index (κ2) is 11.4. The van der Waals surface area contributed by atoms with Crippen LogP contribution < -0.4 is 10.6 Å². The Balaban J connectivity index is 1.50. The van der Waals surface area contributed by atoms with Crippen LogP contribution in [0, 0.1) is 23.7 Å². The van der Waals surface area contributed by atoms with Crippen molar-refractivity contribution in [1.29, 1.82) is 5.26 Å². The summed E-state index contributed by atoms with van der Waals surface area (Å²) in [7, 11) is 1.86. The Morgan fingerprint density at radius 1 is 1.16 bits per heavy atom. The lowest BCUT2D eigenvalue weighted by Crippen LogP contribution is -2.26. The smallest absolute Gasteiger partial charge is 0.263 e. The first-order valence-corrected chi connectivity index (χ1v) is 15.1. The molecule has 0 amide bonds. The van der Waals surface area contributed by atoms with Gasteiger partial charge in [0, 0.05) is 42.0 Å². The van der Waals surface area contributed by atoms with Gasteiger partial charge in [0.1, 0.15) is 17.3 Å². The van der Waals surface area contributed by atoms with Crippen molar-refractivity contribution in [2.75, 3.05) is 17.2 Å². The molecule has 1 atom stereocenters. The lowest BCUT2D eigenvalue weighted by Gasteiger charge is -2.24. The Labute approximate surface area is 265 Å². The predicted molar refractivity (Wildman–Crippen MR) is 171 cm³/mol. The summed E-state index contributed by atoms with van der Waals surface area (Å²) in [5.41, 5.74) is 5.11. The van der Waals surface area contributed by atoms with Crippen molar-refractivity contribution in [2.45, 2.75) is 58.5 Å². The maximum Gasteiger partial charge on any atom is 0.263 e. The number of benzene rings is 2. The number of pyridine rings is 1. The van der Waals surface area contributed by atoms with Crippen molar-refractivity contribution < 1.29 is 8.78 Å². The fourth-order valence-corrected chi connectivity index (χ4v) is 5.83. The van der Waals surface area contributed by atoms with E-state index in [1.165, 1.54) is 4.68 Å². The molecule has 1 fully saturated rings. The van der Waals surface area contributed by atoms with Gasteiger partial charge in [0.15, 0.2) is 0 Å². The average molecular weight is 630 g/mol. The summed E-state index contributed by atoms with van der Waals surface area (Å²) in [4.78, 5) is 4.67. The highest BCUT2D eigenvalue weighted by atomic mass is 35.5. The topological polar surface area (TPSA) is 109 Å². The number of hydrogen-bond donors (Lipinski definition) is 2. The molecular formula is C33H34ClF2N9. The van der Waals surface area contributed by atoms with Gasteiger partial charge in [-0.3, -0.25) is 9.67 Å². The normalized spacial score (nSPS) is 14.8. The number of rotatable bonds is 9. The molecule has 5 aromatic rings. The Morgan fingerprint density at radius 2 is 1.93 bits per heavy atom. The second-order valence-corrected chi connectivity index (χ2v) is 13.4. The number of hydrogen-bond acceptors (Lipinski definition) is 7. The van der Waals surface area contributed by atoms with E-state index >= 15 is 0 Å². The Kier molecular flexibility index (Phi) is 7.73. The SMILES string of the molecule is Cc1c(-c2cnn(C)c2)cccc1[C@H](Nc1cc(Cl)cc2c(NCC(C)(C)C)c(C#N)cnc12)c1cn(C2(C(F)F)CC2)nn1. The van der Waals surface area contributed by atoms with Crippen LogP contribution in [0.4, 0.5) is 20.2 Å². The highest BCUT2D eigenvalue weighted by molar-refractivity contribution is 6.32. The molecule has 0 unspecified atom stereocenters. The van der Waals surface area contributed by atoms with Gasteiger partial charge in [0.2, 0.25) is 0 Å². The molecule has 3 aromatic heterocycles. The summed E-state index contributed by atoms with van der Waals surface area (Å²) >= 11 is 6.70. The molecule has 0 bridgehead atoms. The van der Waals surface area contributed by atoms with Gasteiger partial charge >= 0.3 is 0 Å². The molecule has 1 aliphatic carbocycles. The third-order valence-electron chi connectivity index (χ3n) is 8.29. The second-order valence-electron chi connectivity index (χ2n) is 12.9. The molecule has 232 valence electrons. The van der Waals surface area contributed by atoms with Gasteiger partial charge < -0.3 is 10.6 Å². The zero-order valence-corrected chi connectivity index (χ0v) is 26.5. The molecule has 6 rings (SSSR count). The van der Waals surface area contributed by atoms with E-state index < -0.39 is 18.0 Å². The van der Waals surface area contributed by atoms with Crippen molar-refractivity contribution in [3.63, 3.8) is 0 Å². The fourth-order valence-electron chi connectivity index (χ4n) is 5.61. The number of nitrogens with one attached hydrogen (secondary N) is 2. The maximum absolute atomic E-state index is 14.0. The standard InChI is InChI=1S/C33H34ClF2N9/c1-19-23(21-15-40-44(5)16-21)7-6-8-24(19)30(27-17-45(43-42-27)33(9-10-33)31(35)36)41-26-12-22(34)11-25-28(39-18-32(2,3)4)20(13-37)14-38-29(25)26/h6-8,11-12,14-17,30-31,41H,9-10,18H2,1-5H3,(H,38,39)/t30-/m0/s1. The molecule has 0 saturated heterocycles. The number of nitriles is 1. The van der Waals surface area contributed by atoms with Crippen LogP contribution in [0.15, 0.2) is 55.1 Å². The summed E-state index contributed by atoms with van der Waals surface area (Å²) in [6.07, 6.45) is 5.03. The van der Waals surface area contributed by atoms with Crippen LogP contribution in [-0.4, -0.2) is 42.7 Å². The molecule has 45 heavy (non-hydrogen) atoms. The fraction of sp³-hybridized carbons (Fsp3) is 0.364. The van der Waals surface area contributed by atoms with Gasteiger partial charge in [-0.05, 0) is 54.0 Å². The van der Waals surface area contributed by atoms with Gasteiger partial charge in [-0.15, -0.1) is 5.10 Å². The molecule has 2 N–H and O–H groups in total. The third kappa shape index (κ3) is 5.82. The van der Waals surface area contributed by atoms with Crippen molar-refractivity contribution >= 4 is 33.9 Å². The zero-order valence-electron chi connectivity index (χ0n) is 25.7. The summed E-state index contributed by atoms with van der Waals surface area (Å²) in [6.45, 7) is 8.95. The van der Waals surface area contributed by atoms with Crippen LogP contribution in [0.3, 0.4) is 0 Å². The van der Waals surface area contributed by atoms with E-state index in [9.17, 15) is 14.0 Å². The molecule has 0 spiro atoms. The Morgan fingerprint density at radius 3 is 2.58 bits per heavy atom. The van der Waals surface area contributed by atoms with Gasteiger partial charge in [0.25, 0.3) is 6.43 Å². The molecular weight excluding hydrogens is 596 g/mol. The first-order valence-electron chi connectivity index (χ1n) is 14.7. The number of halogens is 3. The molecule has 1 saturated carbocycles. The lowest BCUT2D eigenvalue weighted by molar-refractivity contribution is 0.0593. The largest absolute Gasteiger partial charge is 0.383 e. The summed E-state index contributed by atoms with van der Waals surface area (Å²) in [5.74, 6) is 0. The minimum absolute atomic E-state index is 0.0488. The number of alkyl halides is 2. The molecule has 1 aliphatic rings. The molecule has 9 nitrogen and oxygen atoms in total. The molecule has 12 heteroatoms. The van der Waals surface area contributed by atoms with Crippen LogP contribution in [0.2, 0.25) is 5.02 Å². The first-order chi connectivity index (χ1) is 21.4. The summed E-state index contributed by atoms with van der Waals surface area (Å²) < 4.78 is 31.1. The highest BCUT2D eigenvalue weighted by Crippen LogP contribution is 2.48. The van der Waals surface area contributed by atoms with E-state index in [-0.39, 0.29) is 5.41 Å². The van der Waals surface area contributed by atoms with Gasteiger partial charge in [0.05, 0.1) is 40.9 Å². The first kappa shape index (κ1) is 30.5. The number of nitrogens with zero attached hydrogens (tertiary/aromatic N) is 7. The Bertz CT molecular complexity index is 1930. The van der Waals surface area contributed by atoms with Crippen LogP contribution in [0.1, 0.15) is 62.0 Å². The number of anilines is 2. The van der Waals surface area contributed by atoms with E-state index in [1.54, 1.807) is 35.4 Å². The van der Waals surface area contributed by atoms with Crippen molar-refractivity contribution in [2.24, 2.45) is 12.5 Å². The van der Waals surface area contributed by atoms with Crippen molar-refractivity contribution in [3.8, 4) is 17.2 Å². The monoisotopic (exact) mass is 629 g/mol. The van der Waals surface area contributed by atoms with Crippen LogP contribution in [-0.2, 0) is 12.6 Å².